The van der Waals surface area contributed by atoms with Gasteiger partial charge in [-0.25, -0.2) is 0 Å². The second-order valence-electron chi connectivity index (χ2n) is 4.74. The molecule has 7 heteroatoms. The maximum Gasteiger partial charge on any atom is 0.252 e. The summed E-state index contributed by atoms with van der Waals surface area (Å²) in [6.07, 6.45) is 3.90. The van der Waals surface area contributed by atoms with E-state index in [1.165, 1.54) is 0 Å². The lowest BCUT2D eigenvalue weighted by Crippen LogP contribution is -2.28. The summed E-state index contributed by atoms with van der Waals surface area (Å²) in [7, 11) is 1.61. The van der Waals surface area contributed by atoms with Crippen LogP contribution in [0.5, 0.6) is 0 Å². The van der Waals surface area contributed by atoms with Crippen molar-refractivity contribution < 1.29 is 9.53 Å². The van der Waals surface area contributed by atoms with Gasteiger partial charge >= 0.3 is 0 Å². The van der Waals surface area contributed by atoms with Crippen molar-refractivity contribution in [3.05, 3.63) is 29.6 Å². The zero-order chi connectivity index (χ0) is 13.5. The fourth-order valence-corrected chi connectivity index (χ4v) is 2.27. The first-order valence-corrected chi connectivity index (χ1v) is 6.75. The van der Waals surface area contributed by atoms with Crippen LogP contribution >= 0.6 is 24.8 Å². The van der Waals surface area contributed by atoms with Crippen LogP contribution in [0.4, 0.5) is 0 Å². The van der Waals surface area contributed by atoms with Crippen LogP contribution in [-0.2, 0) is 4.74 Å². The topological polar surface area (TPSA) is 63.2 Å². The Bertz CT molecular complexity index is 409. The van der Waals surface area contributed by atoms with E-state index in [1.54, 1.807) is 13.3 Å². The van der Waals surface area contributed by atoms with E-state index in [0.29, 0.717) is 24.6 Å². The van der Waals surface area contributed by atoms with Gasteiger partial charge in [0.15, 0.2) is 0 Å². The van der Waals surface area contributed by atoms with E-state index >= 15 is 0 Å². The molecule has 0 bridgehead atoms. The molecule has 1 aromatic rings. The fraction of sp³-hybridized carbons (Fsp3) is 0.571. The highest BCUT2D eigenvalue weighted by Gasteiger charge is 2.16. The number of nitrogens with one attached hydrogen (secondary N) is 2. The first-order valence-electron chi connectivity index (χ1n) is 6.75. The number of amides is 1. The first-order chi connectivity index (χ1) is 9.31. The van der Waals surface area contributed by atoms with Gasteiger partial charge in [-0.2, -0.15) is 0 Å². The molecule has 1 amide bonds. The Kier molecular flexibility index (Phi) is 10.3. The molecule has 1 fully saturated rings. The van der Waals surface area contributed by atoms with E-state index in [4.69, 9.17) is 4.74 Å². The van der Waals surface area contributed by atoms with Gasteiger partial charge in [0.25, 0.3) is 5.91 Å². The summed E-state index contributed by atoms with van der Waals surface area (Å²) < 4.78 is 4.89. The van der Waals surface area contributed by atoms with Gasteiger partial charge in [0.05, 0.1) is 12.2 Å². The van der Waals surface area contributed by atoms with Crippen LogP contribution in [0.2, 0.25) is 0 Å². The van der Waals surface area contributed by atoms with Crippen molar-refractivity contribution in [3.8, 4) is 0 Å². The molecule has 1 aliphatic rings. The SMILES string of the molecule is COCCNC(=O)c1ccc(C2CCNCC2)nc1.Cl.Cl. The number of carbonyl (C=O) groups excluding carboxylic acids is 1. The number of nitrogens with zero attached hydrogens (tertiary/aromatic N) is 1. The predicted octanol–water partition coefficient (Wildman–Crippen LogP) is 1.77. The van der Waals surface area contributed by atoms with Gasteiger partial charge in [-0.15, -0.1) is 24.8 Å². The molecule has 2 heterocycles. The summed E-state index contributed by atoms with van der Waals surface area (Å²) in [5, 5.41) is 6.12. The summed E-state index contributed by atoms with van der Waals surface area (Å²) in [6, 6.07) is 3.83. The molecule has 1 aliphatic heterocycles. The molecular formula is C14H23Cl2N3O2. The molecule has 0 aromatic carbocycles. The van der Waals surface area contributed by atoms with Crippen molar-refractivity contribution in [2.24, 2.45) is 0 Å². The number of piperidine rings is 1. The Hall–Kier alpha value is -0.880. The van der Waals surface area contributed by atoms with E-state index in [-0.39, 0.29) is 30.7 Å². The molecule has 5 nitrogen and oxygen atoms in total. The molecule has 120 valence electrons. The summed E-state index contributed by atoms with van der Waals surface area (Å²) in [5.74, 6) is 0.424. The molecule has 0 saturated carbocycles. The highest BCUT2D eigenvalue weighted by atomic mass is 35.5. The largest absolute Gasteiger partial charge is 0.383 e. The standard InChI is InChI=1S/C14H21N3O2.2ClH/c1-19-9-8-16-14(18)12-2-3-13(17-10-12)11-4-6-15-7-5-11;;/h2-3,10-11,15H,4-9H2,1H3,(H,16,18);2*1H. The van der Waals surface area contributed by atoms with E-state index in [1.807, 2.05) is 12.1 Å². The number of methoxy groups -OCH3 is 1. The zero-order valence-corrected chi connectivity index (χ0v) is 13.8. The summed E-state index contributed by atoms with van der Waals surface area (Å²) in [5.41, 5.74) is 1.70. The van der Waals surface area contributed by atoms with Gasteiger partial charge in [-0.05, 0) is 38.1 Å². The number of hydrogen-bond acceptors (Lipinski definition) is 4. The number of rotatable bonds is 5. The van der Waals surface area contributed by atoms with Crippen LogP contribution in [0.1, 0.15) is 34.8 Å². The average molecular weight is 336 g/mol. The van der Waals surface area contributed by atoms with Crippen molar-refractivity contribution in [2.45, 2.75) is 18.8 Å². The lowest BCUT2D eigenvalue weighted by molar-refractivity contribution is 0.0936. The third-order valence-electron chi connectivity index (χ3n) is 3.40. The van der Waals surface area contributed by atoms with E-state index in [9.17, 15) is 4.79 Å². The highest BCUT2D eigenvalue weighted by Crippen LogP contribution is 2.23. The Morgan fingerprint density at radius 2 is 2.10 bits per heavy atom. The second-order valence-corrected chi connectivity index (χ2v) is 4.74. The van der Waals surface area contributed by atoms with Gasteiger partial charge in [-0.3, -0.25) is 9.78 Å². The third kappa shape index (κ3) is 6.18. The Morgan fingerprint density at radius 3 is 2.67 bits per heavy atom. The third-order valence-corrected chi connectivity index (χ3v) is 3.40. The minimum atomic E-state index is -0.0959. The minimum Gasteiger partial charge on any atom is -0.383 e. The normalized spacial score (nSPS) is 14.7. The molecular weight excluding hydrogens is 313 g/mol. The van der Waals surface area contributed by atoms with Gasteiger partial charge < -0.3 is 15.4 Å². The van der Waals surface area contributed by atoms with Crippen LogP contribution in [0.3, 0.4) is 0 Å². The number of halogens is 2. The highest BCUT2D eigenvalue weighted by molar-refractivity contribution is 5.93. The van der Waals surface area contributed by atoms with Crippen LogP contribution in [0.25, 0.3) is 0 Å². The van der Waals surface area contributed by atoms with Crippen molar-refractivity contribution in [3.63, 3.8) is 0 Å². The number of ether oxygens (including phenoxy) is 1. The van der Waals surface area contributed by atoms with Crippen LogP contribution in [-0.4, -0.2) is 44.2 Å². The molecule has 0 spiro atoms. The van der Waals surface area contributed by atoms with Crippen molar-refractivity contribution in [1.29, 1.82) is 0 Å². The van der Waals surface area contributed by atoms with Gasteiger partial charge in [0.1, 0.15) is 0 Å². The number of aromatic nitrogens is 1. The number of carbonyl (C=O) groups is 1. The smallest absolute Gasteiger partial charge is 0.252 e. The van der Waals surface area contributed by atoms with Gasteiger partial charge in [0.2, 0.25) is 0 Å². The molecule has 1 aromatic heterocycles. The Balaban J connectivity index is 0.00000200. The molecule has 1 saturated heterocycles. The Labute approximate surface area is 138 Å². The van der Waals surface area contributed by atoms with Crippen molar-refractivity contribution in [1.82, 2.24) is 15.6 Å². The Morgan fingerprint density at radius 1 is 1.38 bits per heavy atom. The molecule has 2 rings (SSSR count). The quantitative estimate of drug-likeness (QED) is 0.805. The fourth-order valence-electron chi connectivity index (χ4n) is 2.27. The van der Waals surface area contributed by atoms with E-state index in [2.05, 4.69) is 15.6 Å². The number of pyridine rings is 1. The van der Waals surface area contributed by atoms with Gasteiger partial charge in [0, 0.05) is 31.5 Å². The van der Waals surface area contributed by atoms with E-state index in [0.717, 1.165) is 31.6 Å². The molecule has 0 radical (unpaired) electrons. The van der Waals surface area contributed by atoms with E-state index < -0.39 is 0 Å². The maximum atomic E-state index is 11.8. The molecule has 0 unspecified atom stereocenters. The predicted molar refractivity (Wildman–Crippen MR) is 87.8 cm³/mol. The maximum absolute atomic E-state index is 11.8. The lowest BCUT2D eigenvalue weighted by atomic mass is 9.94. The van der Waals surface area contributed by atoms with Crippen molar-refractivity contribution >= 4 is 30.7 Å². The lowest BCUT2D eigenvalue weighted by Gasteiger charge is -2.22. The molecule has 0 atom stereocenters. The van der Waals surface area contributed by atoms with Crippen LogP contribution < -0.4 is 10.6 Å². The van der Waals surface area contributed by atoms with Gasteiger partial charge in [-0.1, -0.05) is 0 Å². The first kappa shape index (κ1) is 20.1. The molecule has 21 heavy (non-hydrogen) atoms. The zero-order valence-electron chi connectivity index (χ0n) is 12.1. The second kappa shape index (κ2) is 10.8. The summed E-state index contributed by atoms with van der Waals surface area (Å²) >= 11 is 0. The number of hydrogen-bond donors (Lipinski definition) is 2. The van der Waals surface area contributed by atoms with Crippen molar-refractivity contribution in [2.75, 3.05) is 33.4 Å². The molecule has 0 aliphatic carbocycles. The van der Waals surface area contributed by atoms with Crippen LogP contribution in [0.15, 0.2) is 18.3 Å². The monoisotopic (exact) mass is 335 g/mol. The molecule has 2 N–H and O–H groups in total. The summed E-state index contributed by atoms with van der Waals surface area (Å²) in [6.45, 7) is 3.13. The van der Waals surface area contributed by atoms with Crippen LogP contribution in [0, 0.1) is 0 Å². The average Bonchev–Trinajstić information content (AvgIpc) is 2.48. The minimum absolute atomic E-state index is 0. The summed E-state index contributed by atoms with van der Waals surface area (Å²) in [4.78, 5) is 16.2.